The summed E-state index contributed by atoms with van der Waals surface area (Å²) in [7, 11) is 0. The minimum absolute atomic E-state index is 0.372. The van der Waals surface area contributed by atoms with E-state index in [9.17, 15) is 9.90 Å². The lowest BCUT2D eigenvalue weighted by Crippen LogP contribution is -2.39. The Morgan fingerprint density at radius 3 is 2.67 bits per heavy atom. The molecule has 2 unspecified atom stereocenters. The predicted octanol–water partition coefficient (Wildman–Crippen LogP) is 0.954. The monoisotopic (exact) mass is 168 g/mol. The SMILES string of the molecule is CC(C(=O)O)C1(O)C=CC=CC1. The molecular formula is C9H12O3. The summed E-state index contributed by atoms with van der Waals surface area (Å²) in [6.07, 6.45) is 7.13. The van der Waals surface area contributed by atoms with Crippen molar-refractivity contribution < 1.29 is 15.0 Å². The molecule has 0 spiro atoms. The second-order valence-electron chi connectivity index (χ2n) is 3.04. The molecule has 1 rings (SSSR count). The summed E-state index contributed by atoms with van der Waals surface area (Å²) in [5, 5.41) is 18.5. The van der Waals surface area contributed by atoms with Crippen LogP contribution in [0.1, 0.15) is 13.3 Å². The molecule has 3 nitrogen and oxygen atoms in total. The van der Waals surface area contributed by atoms with E-state index in [2.05, 4.69) is 0 Å². The summed E-state index contributed by atoms with van der Waals surface area (Å²) in [4.78, 5) is 10.6. The van der Waals surface area contributed by atoms with Crippen LogP contribution in [0.15, 0.2) is 24.3 Å². The van der Waals surface area contributed by atoms with Gasteiger partial charge >= 0.3 is 5.97 Å². The fourth-order valence-corrected chi connectivity index (χ4v) is 1.16. The highest BCUT2D eigenvalue weighted by Crippen LogP contribution is 2.26. The van der Waals surface area contributed by atoms with Crippen molar-refractivity contribution in [2.24, 2.45) is 5.92 Å². The minimum Gasteiger partial charge on any atom is -0.481 e. The summed E-state index contributed by atoms with van der Waals surface area (Å²) in [6.45, 7) is 1.51. The number of carboxylic acids is 1. The number of hydrogen-bond donors (Lipinski definition) is 2. The lowest BCUT2D eigenvalue weighted by molar-refractivity contribution is -0.147. The molecule has 12 heavy (non-hydrogen) atoms. The quantitative estimate of drug-likeness (QED) is 0.645. The van der Waals surface area contributed by atoms with Crippen LogP contribution in [0.2, 0.25) is 0 Å². The van der Waals surface area contributed by atoms with Gasteiger partial charge in [-0.05, 0) is 13.3 Å². The van der Waals surface area contributed by atoms with E-state index < -0.39 is 17.5 Å². The molecule has 0 saturated heterocycles. The molecule has 1 aliphatic carbocycles. The van der Waals surface area contributed by atoms with Crippen LogP contribution >= 0.6 is 0 Å². The topological polar surface area (TPSA) is 57.5 Å². The number of rotatable bonds is 2. The van der Waals surface area contributed by atoms with Crippen molar-refractivity contribution in [2.45, 2.75) is 18.9 Å². The van der Waals surface area contributed by atoms with Gasteiger partial charge in [-0.2, -0.15) is 0 Å². The molecule has 0 aromatic heterocycles. The maximum Gasteiger partial charge on any atom is 0.309 e. The Hall–Kier alpha value is -1.09. The van der Waals surface area contributed by atoms with Crippen LogP contribution in [0.5, 0.6) is 0 Å². The van der Waals surface area contributed by atoms with E-state index in [1.165, 1.54) is 13.0 Å². The smallest absolute Gasteiger partial charge is 0.309 e. The first-order valence-electron chi connectivity index (χ1n) is 3.86. The molecule has 0 aromatic rings. The third-order valence-electron chi connectivity index (χ3n) is 2.20. The van der Waals surface area contributed by atoms with Gasteiger partial charge in [0.05, 0.1) is 11.5 Å². The molecule has 0 radical (unpaired) electrons. The van der Waals surface area contributed by atoms with Crippen molar-refractivity contribution in [3.63, 3.8) is 0 Å². The number of carboxylic acid groups (broad SMARTS) is 1. The van der Waals surface area contributed by atoms with Crippen LogP contribution in [0, 0.1) is 5.92 Å². The zero-order valence-corrected chi connectivity index (χ0v) is 6.90. The highest BCUT2D eigenvalue weighted by atomic mass is 16.4. The fraction of sp³-hybridized carbons (Fsp3) is 0.444. The molecule has 1 aliphatic rings. The standard InChI is InChI=1S/C9H12O3/c1-7(8(10)11)9(12)5-3-2-4-6-9/h2-5,7,12H,6H2,1H3,(H,10,11). The zero-order valence-electron chi connectivity index (χ0n) is 6.90. The molecular weight excluding hydrogens is 156 g/mol. The van der Waals surface area contributed by atoms with Crippen LogP contribution in [0.4, 0.5) is 0 Å². The molecule has 0 bridgehead atoms. The minimum atomic E-state index is -1.21. The normalized spacial score (nSPS) is 30.2. The molecule has 3 heteroatoms. The van der Waals surface area contributed by atoms with Crippen LogP contribution in [0.25, 0.3) is 0 Å². The zero-order chi connectivity index (χ0) is 9.19. The first-order chi connectivity index (χ1) is 5.56. The van der Waals surface area contributed by atoms with Gasteiger partial charge in [0, 0.05) is 0 Å². The van der Waals surface area contributed by atoms with E-state index in [1.807, 2.05) is 0 Å². The van der Waals surface area contributed by atoms with E-state index >= 15 is 0 Å². The van der Waals surface area contributed by atoms with E-state index in [-0.39, 0.29) is 0 Å². The number of allylic oxidation sites excluding steroid dienone is 2. The third kappa shape index (κ3) is 1.56. The lowest BCUT2D eigenvalue weighted by atomic mass is 9.83. The van der Waals surface area contributed by atoms with Gasteiger partial charge in [0.2, 0.25) is 0 Å². The Morgan fingerprint density at radius 2 is 2.25 bits per heavy atom. The average molecular weight is 168 g/mol. The largest absolute Gasteiger partial charge is 0.481 e. The number of aliphatic carboxylic acids is 1. The van der Waals surface area contributed by atoms with Gasteiger partial charge in [-0.15, -0.1) is 0 Å². The van der Waals surface area contributed by atoms with E-state index in [0.29, 0.717) is 6.42 Å². The molecule has 2 N–H and O–H groups in total. The summed E-state index contributed by atoms with van der Waals surface area (Å²) in [5.41, 5.74) is -1.21. The maximum atomic E-state index is 10.6. The first-order valence-corrected chi connectivity index (χ1v) is 3.86. The number of carbonyl (C=O) groups is 1. The van der Waals surface area contributed by atoms with Crippen molar-refractivity contribution >= 4 is 5.97 Å². The van der Waals surface area contributed by atoms with Crippen LogP contribution in [-0.2, 0) is 4.79 Å². The highest BCUT2D eigenvalue weighted by molar-refractivity contribution is 5.71. The van der Waals surface area contributed by atoms with Crippen molar-refractivity contribution in [1.29, 1.82) is 0 Å². The molecule has 0 fully saturated rings. The van der Waals surface area contributed by atoms with Crippen molar-refractivity contribution in [3.8, 4) is 0 Å². The Bertz CT molecular complexity index is 242. The summed E-state index contributed by atoms with van der Waals surface area (Å²) < 4.78 is 0. The third-order valence-corrected chi connectivity index (χ3v) is 2.20. The van der Waals surface area contributed by atoms with Gasteiger partial charge in [-0.25, -0.2) is 0 Å². The number of aliphatic hydroxyl groups is 1. The Labute approximate surface area is 71.0 Å². The van der Waals surface area contributed by atoms with Crippen molar-refractivity contribution in [3.05, 3.63) is 24.3 Å². The van der Waals surface area contributed by atoms with Crippen LogP contribution in [0.3, 0.4) is 0 Å². The average Bonchev–Trinajstić information content (AvgIpc) is 2.04. The van der Waals surface area contributed by atoms with Gasteiger partial charge in [0.25, 0.3) is 0 Å². The van der Waals surface area contributed by atoms with Gasteiger partial charge in [-0.3, -0.25) is 4.79 Å². The van der Waals surface area contributed by atoms with Gasteiger partial charge in [-0.1, -0.05) is 24.3 Å². The van der Waals surface area contributed by atoms with E-state index in [0.717, 1.165) is 0 Å². The fourth-order valence-electron chi connectivity index (χ4n) is 1.16. The molecule has 0 saturated carbocycles. The molecule has 2 atom stereocenters. The Kier molecular flexibility index (Phi) is 2.33. The second-order valence-corrected chi connectivity index (χ2v) is 3.04. The Balaban J connectivity index is 2.78. The summed E-state index contributed by atoms with van der Waals surface area (Å²) >= 11 is 0. The molecule has 0 aromatic carbocycles. The maximum absolute atomic E-state index is 10.6. The van der Waals surface area contributed by atoms with Gasteiger partial charge in [0.15, 0.2) is 0 Å². The van der Waals surface area contributed by atoms with Crippen molar-refractivity contribution in [1.82, 2.24) is 0 Å². The molecule has 0 amide bonds. The highest BCUT2D eigenvalue weighted by Gasteiger charge is 2.35. The van der Waals surface area contributed by atoms with Gasteiger partial charge < -0.3 is 10.2 Å². The number of hydrogen-bond acceptors (Lipinski definition) is 2. The van der Waals surface area contributed by atoms with Crippen molar-refractivity contribution in [2.75, 3.05) is 0 Å². The van der Waals surface area contributed by atoms with E-state index in [4.69, 9.17) is 5.11 Å². The lowest BCUT2D eigenvalue weighted by Gasteiger charge is -2.28. The van der Waals surface area contributed by atoms with E-state index in [1.54, 1.807) is 18.2 Å². The van der Waals surface area contributed by atoms with Gasteiger partial charge in [0.1, 0.15) is 0 Å². The molecule has 0 heterocycles. The summed E-state index contributed by atoms with van der Waals surface area (Å²) in [6, 6.07) is 0. The van der Waals surface area contributed by atoms with Crippen LogP contribution in [-0.4, -0.2) is 21.8 Å². The Morgan fingerprint density at radius 1 is 1.58 bits per heavy atom. The van der Waals surface area contributed by atoms with Crippen LogP contribution < -0.4 is 0 Å². The predicted molar refractivity (Wildman–Crippen MR) is 44.6 cm³/mol. The summed E-state index contributed by atoms with van der Waals surface area (Å²) in [5.74, 6) is -1.74. The first kappa shape index (κ1) is 9.00. The molecule has 66 valence electrons. The molecule has 0 aliphatic heterocycles. The second kappa shape index (κ2) is 3.11.